The molecule has 108 valence electrons. The summed E-state index contributed by atoms with van der Waals surface area (Å²) in [6, 6.07) is 9.55. The van der Waals surface area contributed by atoms with E-state index in [0.29, 0.717) is 6.54 Å². The average molecular weight is 287 g/mol. The molecule has 1 aliphatic heterocycles. The number of nitrogens with zero attached hydrogens (tertiary/aromatic N) is 1. The van der Waals surface area contributed by atoms with E-state index in [4.69, 9.17) is 0 Å². The number of carbonyl (C=O) groups excluding carboxylic acids is 1. The van der Waals surface area contributed by atoms with Gasteiger partial charge in [0, 0.05) is 6.54 Å². The Labute approximate surface area is 122 Å². The van der Waals surface area contributed by atoms with Crippen LogP contribution in [0.1, 0.15) is 27.9 Å². The monoisotopic (exact) mass is 287 g/mol. The first-order valence-electron chi connectivity index (χ1n) is 6.94. The van der Waals surface area contributed by atoms with E-state index in [-0.39, 0.29) is 5.56 Å². The van der Waals surface area contributed by atoms with Crippen molar-refractivity contribution in [3.8, 4) is 0 Å². The average Bonchev–Trinajstić information content (AvgIpc) is 2.49. The highest BCUT2D eigenvalue weighted by Gasteiger charge is 2.27. The Bertz CT molecular complexity index is 712. The third-order valence-electron chi connectivity index (χ3n) is 3.85. The second kappa shape index (κ2) is 5.28. The van der Waals surface area contributed by atoms with Gasteiger partial charge in [-0.3, -0.25) is 4.79 Å². The molecule has 1 aliphatic rings. The van der Waals surface area contributed by atoms with Gasteiger partial charge in [0.2, 0.25) is 0 Å². The quantitative estimate of drug-likeness (QED) is 0.779. The Balaban J connectivity index is 2.07. The second-order valence-corrected chi connectivity index (χ2v) is 5.24. The van der Waals surface area contributed by atoms with E-state index in [1.807, 2.05) is 25.1 Å². The summed E-state index contributed by atoms with van der Waals surface area (Å²) in [5.41, 5.74) is 2.66. The first-order valence-corrected chi connectivity index (χ1v) is 6.94. The van der Waals surface area contributed by atoms with E-state index in [1.54, 1.807) is 4.90 Å². The molecule has 2 aromatic rings. The highest BCUT2D eigenvalue weighted by molar-refractivity contribution is 6.07. The minimum Gasteiger partial charge on any atom is -0.308 e. The van der Waals surface area contributed by atoms with Crippen molar-refractivity contribution in [3.05, 3.63) is 64.7 Å². The maximum atomic E-state index is 13.9. The lowest BCUT2D eigenvalue weighted by molar-refractivity contribution is 0.0980. The fourth-order valence-corrected chi connectivity index (χ4v) is 2.86. The number of amides is 1. The molecule has 1 heterocycles. The third-order valence-corrected chi connectivity index (χ3v) is 3.85. The van der Waals surface area contributed by atoms with Crippen molar-refractivity contribution >= 4 is 11.6 Å². The number of aryl methyl sites for hydroxylation is 2. The molecule has 0 spiro atoms. The number of fused-ring (bicyclic) bond motifs is 1. The van der Waals surface area contributed by atoms with Gasteiger partial charge in [-0.05, 0) is 43.0 Å². The lowest BCUT2D eigenvalue weighted by atomic mass is 9.97. The molecule has 0 unspecified atom stereocenters. The van der Waals surface area contributed by atoms with Gasteiger partial charge in [-0.2, -0.15) is 0 Å². The Morgan fingerprint density at radius 2 is 1.90 bits per heavy atom. The number of halogens is 2. The smallest absolute Gasteiger partial charge is 0.261 e. The summed E-state index contributed by atoms with van der Waals surface area (Å²) in [5.74, 6) is -2.56. The summed E-state index contributed by atoms with van der Waals surface area (Å²) >= 11 is 0. The molecule has 1 amide bonds. The van der Waals surface area contributed by atoms with E-state index < -0.39 is 17.5 Å². The van der Waals surface area contributed by atoms with Crippen LogP contribution in [0.3, 0.4) is 0 Å². The van der Waals surface area contributed by atoms with Crippen molar-refractivity contribution in [3.63, 3.8) is 0 Å². The van der Waals surface area contributed by atoms with E-state index in [1.165, 1.54) is 12.1 Å². The van der Waals surface area contributed by atoms with Gasteiger partial charge in [-0.25, -0.2) is 8.78 Å². The molecule has 0 aliphatic carbocycles. The second-order valence-electron chi connectivity index (χ2n) is 5.24. The van der Waals surface area contributed by atoms with Crippen LogP contribution in [0.5, 0.6) is 0 Å². The van der Waals surface area contributed by atoms with Gasteiger partial charge in [0.1, 0.15) is 0 Å². The molecule has 0 saturated carbocycles. The Morgan fingerprint density at radius 1 is 1.14 bits per heavy atom. The minimum atomic E-state index is -1.08. The SMILES string of the molecule is Cc1cccc2c1N(C(=O)c1cccc(F)c1F)CCC2. The summed E-state index contributed by atoms with van der Waals surface area (Å²) in [5, 5.41) is 0. The van der Waals surface area contributed by atoms with Crippen molar-refractivity contribution in [2.75, 3.05) is 11.4 Å². The lowest BCUT2D eigenvalue weighted by Gasteiger charge is -2.31. The normalized spacial score (nSPS) is 14.0. The zero-order valence-corrected chi connectivity index (χ0v) is 11.7. The van der Waals surface area contributed by atoms with Gasteiger partial charge in [-0.1, -0.05) is 24.3 Å². The zero-order valence-electron chi connectivity index (χ0n) is 11.7. The van der Waals surface area contributed by atoms with Crippen LogP contribution in [-0.4, -0.2) is 12.5 Å². The van der Waals surface area contributed by atoms with Gasteiger partial charge in [-0.15, -0.1) is 0 Å². The number of carbonyl (C=O) groups is 1. The van der Waals surface area contributed by atoms with Gasteiger partial charge in [0.05, 0.1) is 11.3 Å². The van der Waals surface area contributed by atoms with E-state index >= 15 is 0 Å². The van der Waals surface area contributed by atoms with Crippen LogP contribution >= 0.6 is 0 Å². The Kier molecular flexibility index (Phi) is 3.45. The molecule has 0 aromatic heterocycles. The fourth-order valence-electron chi connectivity index (χ4n) is 2.86. The summed E-state index contributed by atoms with van der Waals surface area (Å²) in [7, 11) is 0. The fraction of sp³-hybridized carbons (Fsp3) is 0.235. The molecular formula is C17H15F2NO. The van der Waals surface area contributed by atoms with Crippen molar-refractivity contribution in [1.29, 1.82) is 0 Å². The molecular weight excluding hydrogens is 272 g/mol. The maximum Gasteiger partial charge on any atom is 0.261 e. The van der Waals surface area contributed by atoms with Crippen LogP contribution < -0.4 is 4.90 Å². The molecule has 2 nitrogen and oxygen atoms in total. The zero-order chi connectivity index (χ0) is 15.0. The summed E-state index contributed by atoms with van der Waals surface area (Å²) in [6.07, 6.45) is 1.71. The van der Waals surface area contributed by atoms with Crippen molar-refractivity contribution < 1.29 is 13.6 Å². The summed E-state index contributed by atoms with van der Waals surface area (Å²) in [6.45, 7) is 2.44. The molecule has 0 N–H and O–H groups in total. The Morgan fingerprint density at radius 3 is 2.71 bits per heavy atom. The highest BCUT2D eigenvalue weighted by Crippen LogP contribution is 2.32. The first-order chi connectivity index (χ1) is 10.1. The van der Waals surface area contributed by atoms with Crippen molar-refractivity contribution in [1.82, 2.24) is 0 Å². The van der Waals surface area contributed by atoms with E-state index in [2.05, 4.69) is 0 Å². The summed E-state index contributed by atoms with van der Waals surface area (Å²) < 4.78 is 27.2. The van der Waals surface area contributed by atoms with E-state index in [9.17, 15) is 13.6 Å². The Hall–Kier alpha value is -2.23. The van der Waals surface area contributed by atoms with Crippen molar-refractivity contribution in [2.24, 2.45) is 0 Å². The molecule has 0 bridgehead atoms. The number of anilines is 1. The topological polar surface area (TPSA) is 20.3 Å². The van der Waals surface area contributed by atoms with Crippen LogP contribution in [-0.2, 0) is 6.42 Å². The van der Waals surface area contributed by atoms with Crippen LogP contribution in [0.15, 0.2) is 36.4 Å². The molecule has 3 rings (SSSR count). The first kappa shape index (κ1) is 13.7. The summed E-state index contributed by atoms with van der Waals surface area (Å²) in [4.78, 5) is 14.2. The van der Waals surface area contributed by atoms with E-state index in [0.717, 1.165) is 35.7 Å². The maximum absolute atomic E-state index is 13.9. The van der Waals surface area contributed by atoms with Gasteiger partial charge in [0.15, 0.2) is 11.6 Å². The minimum absolute atomic E-state index is 0.217. The molecule has 0 atom stereocenters. The number of benzene rings is 2. The molecule has 0 radical (unpaired) electrons. The van der Waals surface area contributed by atoms with Crippen LogP contribution in [0, 0.1) is 18.6 Å². The predicted octanol–water partition coefficient (Wildman–Crippen LogP) is 3.87. The molecule has 21 heavy (non-hydrogen) atoms. The number of para-hydroxylation sites is 1. The standard InChI is InChI=1S/C17H15F2NO/c1-11-5-2-6-12-7-4-10-20(16(11)12)17(21)13-8-3-9-14(18)15(13)19/h2-3,5-6,8-9H,4,7,10H2,1H3. The molecule has 2 aromatic carbocycles. The van der Waals surface area contributed by atoms with Crippen LogP contribution in [0.25, 0.3) is 0 Å². The largest absolute Gasteiger partial charge is 0.308 e. The number of rotatable bonds is 1. The van der Waals surface area contributed by atoms with Gasteiger partial charge >= 0.3 is 0 Å². The lowest BCUT2D eigenvalue weighted by Crippen LogP contribution is -2.36. The third kappa shape index (κ3) is 2.31. The molecule has 0 fully saturated rings. The van der Waals surface area contributed by atoms with Crippen LogP contribution in [0.2, 0.25) is 0 Å². The predicted molar refractivity (Wildman–Crippen MR) is 77.5 cm³/mol. The van der Waals surface area contributed by atoms with Gasteiger partial charge in [0.25, 0.3) is 5.91 Å². The number of hydrogen-bond donors (Lipinski definition) is 0. The van der Waals surface area contributed by atoms with Gasteiger partial charge < -0.3 is 4.90 Å². The molecule has 4 heteroatoms. The van der Waals surface area contributed by atoms with Crippen molar-refractivity contribution in [2.45, 2.75) is 19.8 Å². The highest BCUT2D eigenvalue weighted by atomic mass is 19.2. The number of hydrogen-bond acceptors (Lipinski definition) is 1. The van der Waals surface area contributed by atoms with Crippen LogP contribution in [0.4, 0.5) is 14.5 Å². The molecule has 0 saturated heterocycles.